The average molecular weight is 450 g/mol. The highest BCUT2D eigenvalue weighted by Crippen LogP contribution is 2.26. The Kier molecular flexibility index (Phi) is 6.38. The van der Waals surface area contributed by atoms with Crippen LogP contribution >= 0.6 is 11.6 Å². The van der Waals surface area contributed by atoms with Gasteiger partial charge in [0.15, 0.2) is 0 Å². The molecular formula is C24H29BClN5O. The van der Waals surface area contributed by atoms with Gasteiger partial charge in [-0.05, 0) is 42.5 Å². The molecule has 2 radical (unpaired) electrons. The van der Waals surface area contributed by atoms with Crippen LogP contribution < -0.4 is 10.4 Å². The van der Waals surface area contributed by atoms with Crippen molar-refractivity contribution in [3.8, 4) is 0 Å². The molecule has 3 aliphatic rings. The van der Waals surface area contributed by atoms with E-state index in [-0.39, 0.29) is 12.3 Å². The first-order valence-electron chi connectivity index (χ1n) is 11.7. The van der Waals surface area contributed by atoms with E-state index in [1.54, 1.807) is 18.2 Å². The van der Waals surface area contributed by atoms with Gasteiger partial charge >= 0.3 is 0 Å². The van der Waals surface area contributed by atoms with Crippen molar-refractivity contribution < 1.29 is 4.79 Å². The molecule has 8 heteroatoms. The van der Waals surface area contributed by atoms with Crippen LogP contribution in [0, 0.1) is 0 Å². The van der Waals surface area contributed by atoms with Crippen LogP contribution in [0.2, 0.25) is 5.02 Å². The number of halogens is 1. The number of benzene rings is 1. The van der Waals surface area contributed by atoms with Crippen molar-refractivity contribution in [3.05, 3.63) is 46.2 Å². The van der Waals surface area contributed by atoms with Gasteiger partial charge in [0, 0.05) is 63.0 Å². The summed E-state index contributed by atoms with van der Waals surface area (Å²) >= 11 is 6.08. The summed E-state index contributed by atoms with van der Waals surface area (Å²) in [6.45, 7) is 5.51. The molecular weight excluding hydrogens is 421 g/mol. The molecule has 0 unspecified atom stereocenters. The van der Waals surface area contributed by atoms with Crippen molar-refractivity contribution in [2.45, 2.75) is 44.6 Å². The van der Waals surface area contributed by atoms with E-state index in [2.05, 4.69) is 14.8 Å². The lowest BCUT2D eigenvalue weighted by Crippen LogP contribution is -2.52. The molecule has 6 nitrogen and oxygen atoms in total. The lowest BCUT2D eigenvalue weighted by Gasteiger charge is -2.43. The van der Waals surface area contributed by atoms with E-state index in [4.69, 9.17) is 24.4 Å². The van der Waals surface area contributed by atoms with Crippen molar-refractivity contribution in [2.24, 2.45) is 0 Å². The first kappa shape index (κ1) is 21.7. The highest BCUT2D eigenvalue weighted by molar-refractivity contribution is 6.35. The third-order valence-electron chi connectivity index (χ3n) is 7.20. The Labute approximate surface area is 196 Å². The number of rotatable bonds is 4. The Morgan fingerprint density at radius 2 is 1.88 bits per heavy atom. The minimum atomic E-state index is 0.0760. The number of amides is 1. The Balaban J connectivity index is 1.21. The van der Waals surface area contributed by atoms with Crippen LogP contribution in [-0.4, -0.2) is 78.8 Å². The van der Waals surface area contributed by atoms with Gasteiger partial charge in [-0.1, -0.05) is 29.6 Å². The summed E-state index contributed by atoms with van der Waals surface area (Å²) in [4.78, 5) is 29.4. The zero-order chi connectivity index (χ0) is 22.1. The van der Waals surface area contributed by atoms with Gasteiger partial charge in [-0.15, -0.1) is 0 Å². The highest BCUT2D eigenvalue weighted by atomic mass is 35.5. The summed E-state index contributed by atoms with van der Waals surface area (Å²) in [6.07, 6.45) is 7.86. The van der Waals surface area contributed by atoms with Crippen molar-refractivity contribution >= 4 is 36.8 Å². The SMILES string of the molecule is [B]c1ccc(Cl)cc1CC(=O)N1CCc2cnc(N3CCN(C4CCC4)CC3)nc2CC1. The summed E-state index contributed by atoms with van der Waals surface area (Å²) in [5.41, 5.74) is 3.62. The van der Waals surface area contributed by atoms with Crippen LogP contribution in [-0.2, 0) is 24.1 Å². The molecule has 2 fully saturated rings. The topological polar surface area (TPSA) is 52.6 Å². The second kappa shape index (κ2) is 9.40. The summed E-state index contributed by atoms with van der Waals surface area (Å²) in [7, 11) is 6.04. The summed E-state index contributed by atoms with van der Waals surface area (Å²) in [6, 6.07) is 6.09. The predicted octanol–water partition coefficient (Wildman–Crippen LogP) is 1.77. The number of fused-ring (bicyclic) bond motifs is 1. The van der Waals surface area contributed by atoms with E-state index in [0.717, 1.165) is 67.8 Å². The number of hydrogen-bond acceptors (Lipinski definition) is 5. The Hall–Kier alpha value is -2.12. The number of hydrogen-bond donors (Lipinski definition) is 0. The van der Waals surface area contributed by atoms with Crippen LogP contribution in [0.3, 0.4) is 0 Å². The normalized spacial score (nSPS) is 19.9. The number of carbonyl (C=O) groups is 1. The number of anilines is 1. The van der Waals surface area contributed by atoms with Crippen molar-refractivity contribution in [3.63, 3.8) is 0 Å². The maximum Gasteiger partial charge on any atom is 0.226 e. The summed E-state index contributed by atoms with van der Waals surface area (Å²) < 4.78 is 0. The quantitative estimate of drug-likeness (QED) is 0.666. The van der Waals surface area contributed by atoms with E-state index < -0.39 is 0 Å². The molecule has 2 aromatic rings. The van der Waals surface area contributed by atoms with E-state index >= 15 is 0 Å². The van der Waals surface area contributed by atoms with Crippen molar-refractivity contribution in [2.75, 3.05) is 44.2 Å². The molecule has 32 heavy (non-hydrogen) atoms. The van der Waals surface area contributed by atoms with Crippen LogP contribution in [0.5, 0.6) is 0 Å². The van der Waals surface area contributed by atoms with Crippen LogP contribution in [0.25, 0.3) is 0 Å². The second-order valence-corrected chi connectivity index (χ2v) is 9.59. The molecule has 5 rings (SSSR count). The molecule has 166 valence electrons. The largest absolute Gasteiger partial charge is 0.342 e. The van der Waals surface area contributed by atoms with Gasteiger partial charge < -0.3 is 9.80 Å². The van der Waals surface area contributed by atoms with Gasteiger partial charge in [0.2, 0.25) is 11.9 Å². The maximum atomic E-state index is 12.9. The number of piperazine rings is 1. The number of aromatic nitrogens is 2. The monoisotopic (exact) mass is 449 g/mol. The molecule has 1 saturated carbocycles. The predicted molar refractivity (Wildman–Crippen MR) is 128 cm³/mol. The van der Waals surface area contributed by atoms with Crippen LogP contribution in [0.15, 0.2) is 24.4 Å². The fourth-order valence-electron chi connectivity index (χ4n) is 4.91. The molecule has 1 saturated heterocycles. The molecule has 0 N–H and O–H groups in total. The summed E-state index contributed by atoms with van der Waals surface area (Å²) in [5.74, 6) is 0.913. The van der Waals surface area contributed by atoms with E-state index in [1.165, 1.54) is 19.3 Å². The van der Waals surface area contributed by atoms with E-state index in [9.17, 15) is 4.79 Å². The van der Waals surface area contributed by atoms with Gasteiger partial charge in [-0.3, -0.25) is 9.69 Å². The zero-order valence-corrected chi connectivity index (χ0v) is 19.2. The summed E-state index contributed by atoms with van der Waals surface area (Å²) in [5, 5.41) is 0.599. The first-order valence-corrected chi connectivity index (χ1v) is 12.1. The molecule has 1 amide bonds. The van der Waals surface area contributed by atoms with Gasteiger partial charge in [-0.2, -0.15) is 0 Å². The van der Waals surface area contributed by atoms with Gasteiger partial charge in [0.25, 0.3) is 0 Å². The zero-order valence-electron chi connectivity index (χ0n) is 18.5. The molecule has 1 aromatic carbocycles. The van der Waals surface area contributed by atoms with Crippen LogP contribution in [0.1, 0.15) is 36.1 Å². The minimum Gasteiger partial charge on any atom is -0.342 e. The maximum absolute atomic E-state index is 12.9. The molecule has 0 atom stereocenters. The van der Waals surface area contributed by atoms with E-state index in [1.807, 2.05) is 11.1 Å². The van der Waals surface area contributed by atoms with E-state index in [0.29, 0.717) is 23.6 Å². The third kappa shape index (κ3) is 4.64. The van der Waals surface area contributed by atoms with Crippen molar-refractivity contribution in [1.82, 2.24) is 19.8 Å². The smallest absolute Gasteiger partial charge is 0.226 e. The first-order chi connectivity index (χ1) is 15.6. The molecule has 1 aliphatic carbocycles. The minimum absolute atomic E-state index is 0.0760. The Morgan fingerprint density at radius 1 is 1.09 bits per heavy atom. The van der Waals surface area contributed by atoms with Crippen LogP contribution in [0.4, 0.5) is 5.95 Å². The average Bonchev–Trinajstić information content (AvgIpc) is 2.98. The van der Waals surface area contributed by atoms with Gasteiger partial charge in [0.1, 0.15) is 7.85 Å². The number of nitrogens with zero attached hydrogens (tertiary/aromatic N) is 5. The van der Waals surface area contributed by atoms with Gasteiger partial charge in [-0.25, -0.2) is 9.97 Å². The van der Waals surface area contributed by atoms with Crippen molar-refractivity contribution in [1.29, 1.82) is 0 Å². The standard InChI is InChI=1S/C24H29BClN5O/c25-21-5-4-19(26)14-18(21)15-23(32)30-8-6-17-16-27-24(28-22(17)7-9-30)31-12-10-29(11-13-31)20-2-1-3-20/h4-5,14,16,20H,1-3,6-13,15H2. The fraction of sp³-hybridized carbons (Fsp3) is 0.542. The molecule has 0 spiro atoms. The number of carbonyl (C=O) groups excluding carboxylic acids is 1. The Morgan fingerprint density at radius 3 is 2.62 bits per heavy atom. The fourth-order valence-corrected chi connectivity index (χ4v) is 5.10. The molecule has 0 bridgehead atoms. The lowest BCUT2D eigenvalue weighted by molar-refractivity contribution is -0.130. The third-order valence-corrected chi connectivity index (χ3v) is 7.43. The highest BCUT2D eigenvalue weighted by Gasteiger charge is 2.29. The molecule has 1 aromatic heterocycles. The molecule has 3 heterocycles. The molecule has 2 aliphatic heterocycles. The lowest BCUT2D eigenvalue weighted by atomic mass is 9.89. The second-order valence-electron chi connectivity index (χ2n) is 9.15. The van der Waals surface area contributed by atoms with Gasteiger partial charge in [0.05, 0.1) is 12.1 Å². The Bertz CT molecular complexity index is 990.